The molecule has 6 amide bonds. The normalized spacial score (nSPS) is 19.8. The lowest BCUT2D eigenvalue weighted by atomic mass is 9.91. The Hall–Kier alpha value is -2.90. The molecular formula is C17H22N4O4. The van der Waals surface area contributed by atoms with Gasteiger partial charge in [-0.2, -0.15) is 0 Å². The lowest BCUT2D eigenvalue weighted by Gasteiger charge is -2.22. The van der Waals surface area contributed by atoms with Crippen LogP contribution in [0, 0.1) is 6.92 Å². The van der Waals surface area contributed by atoms with Crippen molar-refractivity contribution in [2.75, 3.05) is 6.54 Å². The van der Waals surface area contributed by atoms with Crippen molar-refractivity contribution in [2.24, 2.45) is 0 Å². The van der Waals surface area contributed by atoms with E-state index < -0.39 is 36.0 Å². The number of carbonyl (C=O) groups excluding carboxylic acids is 4. The van der Waals surface area contributed by atoms with Gasteiger partial charge in [-0.05, 0) is 33.3 Å². The third kappa shape index (κ3) is 3.96. The van der Waals surface area contributed by atoms with Gasteiger partial charge in [-0.3, -0.25) is 19.8 Å². The van der Waals surface area contributed by atoms with Crippen molar-refractivity contribution in [2.45, 2.75) is 39.3 Å². The first-order valence-corrected chi connectivity index (χ1v) is 7.95. The second-order valence-electron chi connectivity index (χ2n) is 6.49. The topological polar surface area (TPSA) is 108 Å². The van der Waals surface area contributed by atoms with E-state index in [9.17, 15) is 19.2 Å². The minimum atomic E-state index is -1.24. The molecule has 1 aliphatic heterocycles. The molecule has 0 bridgehead atoms. The largest absolute Gasteiger partial charge is 0.336 e. The molecule has 0 radical (unpaired) electrons. The molecule has 1 aromatic carbocycles. The van der Waals surface area contributed by atoms with Crippen molar-refractivity contribution < 1.29 is 19.2 Å². The first kappa shape index (κ1) is 18.4. The fourth-order valence-corrected chi connectivity index (χ4v) is 2.53. The van der Waals surface area contributed by atoms with Gasteiger partial charge in [0.2, 0.25) is 5.91 Å². The van der Waals surface area contributed by atoms with Gasteiger partial charge < -0.3 is 10.6 Å². The highest BCUT2D eigenvalue weighted by Gasteiger charge is 2.49. The number of hydrogen-bond acceptors (Lipinski definition) is 4. The van der Waals surface area contributed by atoms with Gasteiger partial charge in [0, 0.05) is 6.04 Å². The molecule has 1 heterocycles. The fourth-order valence-electron chi connectivity index (χ4n) is 2.53. The SMILES string of the molecule is Cc1ccc([C@]2(C)NC(=O)N(CC(=O)NC(=O)NC(C)C)C2=O)cc1. The highest BCUT2D eigenvalue weighted by Crippen LogP contribution is 2.28. The number of aryl methyl sites for hydroxylation is 1. The van der Waals surface area contributed by atoms with Crippen LogP contribution < -0.4 is 16.0 Å². The molecule has 1 fully saturated rings. The summed E-state index contributed by atoms with van der Waals surface area (Å²) < 4.78 is 0. The summed E-state index contributed by atoms with van der Waals surface area (Å²) in [5.41, 5.74) is 0.402. The Bertz CT molecular complexity index is 714. The lowest BCUT2D eigenvalue weighted by molar-refractivity contribution is -0.134. The van der Waals surface area contributed by atoms with Crippen LogP contribution in [0.4, 0.5) is 9.59 Å². The van der Waals surface area contributed by atoms with Crippen molar-refractivity contribution in [3.63, 3.8) is 0 Å². The Kier molecular flexibility index (Phi) is 5.10. The van der Waals surface area contributed by atoms with Gasteiger partial charge in [0.25, 0.3) is 5.91 Å². The molecule has 0 aromatic heterocycles. The Morgan fingerprint density at radius 2 is 1.80 bits per heavy atom. The molecule has 2 rings (SSSR count). The molecule has 1 saturated heterocycles. The minimum Gasteiger partial charge on any atom is -0.336 e. The molecule has 0 unspecified atom stereocenters. The Morgan fingerprint density at radius 1 is 1.20 bits per heavy atom. The van der Waals surface area contributed by atoms with Crippen LogP contribution in [0.3, 0.4) is 0 Å². The van der Waals surface area contributed by atoms with E-state index >= 15 is 0 Å². The first-order valence-electron chi connectivity index (χ1n) is 7.95. The van der Waals surface area contributed by atoms with Crippen LogP contribution in [-0.4, -0.2) is 41.4 Å². The van der Waals surface area contributed by atoms with E-state index in [1.165, 1.54) is 0 Å². The van der Waals surface area contributed by atoms with Crippen LogP contribution in [0.2, 0.25) is 0 Å². The number of carbonyl (C=O) groups is 4. The average molecular weight is 346 g/mol. The number of imide groups is 2. The number of urea groups is 2. The summed E-state index contributed by atoms with van der Waals surface area (Å²) in [6, 6.07) is 5.70. The monoisotopic (exact) mass is 346 g/mol. The summed E-state index contributed by atoms with van der Waals surface area (Å²) in [5.74, 6) is -1.28. The molecule has 1 aromatic rings. The lowest BCUT2D eigenvalue weighted by Crippen LogP contribution is -2.48. The number of rotatable bonds is 4. The zero-order valence-corrected chi connectivity index (χ0v) is 14.7. The molecule has 0 spiro atoms. The highest BCUT2D eigenvalue weighted by atomic mass is 16.2. The molecule has 25 heavy (non-hydrogen) atoms. The Morgan fingerprint density at radius 3 is 2.36 bits per heavy atom. The Balaban J connectivity index is 2.09. The summed E-state index contributed by atoms with van der Waals surface area (Å²) >= 11 is 0. The van der Waals surface area contributed by atoms with E-state index in [1.807, 2.05) is 19.1 Å². The molecule has 134 valence electrons. The van der Waals surface area contributed by atoms with Gasteiger partial charge >= 0.3 is 12.1 Å². The van der Waals surface area contributed by atoms with Crippen LogP contribution in [0.1, 0.15) is 31.9 Å². The van der Waals surface area contributed by atoms with Crippen molar-refractivity contribution in [3.8, 4) is 0 Å². The smallest absolute Gasteiger partial charge is 0.325 e. The van der Waals surface area contributed by atoms with Gasteiger partial charge in [-0.25, -0.2) is 9.59 Å². The zero-order valence-electron chi connectivity index (χ0n) is 14.7. The molecule has 0 saturated carbocycles. The van der Waals surface area contributed by atoms with Gasteiger partial charge in [0.1, 0.15) is 12.1 Å². The predicted octanol–water partition coefficient (Wildman–Crippen LogP) is 0.996. The fraction of sp³-hybridized carbons (Fsp3) is 0.412. The van der Waals surface area contributed by atoms with Crippen LogP contribution in [0.15, 0.2) is 24.3 Å². The second-order valence-corrected chi connectivity index (χ2v) is 6.49. The maximum Gasteiger partial charge on any atom is 0.325 e. The number of hydrogen-bond donors (Lipinski definition) is 3. The maximum absolute atomic E-state index is 12.7. The number of nitrogens with one attached hydrogen (secondary N) is 3. The molecule has 0 aliphatic carbocycles. The van der Waals surface area contributed by atoms with Crippen molar-refractivity contribution in [3.05, 3.63) is 35.4 Å². The van der Waals surface area contributed by atoms with Crippen LogP contribution >= 0.6 is 0 Å². The quantitative estimate of drug-likeness (QED) is 0.707. The van der Waals surface area contributed by atoms with Gasteiger partial charge in [0.15, 0.2) is 0 Å². The third-order valence-electron chi connectivity index (χ3n) is 3.88. The molecule has 1 aliphatic rings. The van der Waals surface area contributed by atoms with Crippen LogP contribution in [0.5, 0.6) is 0 Å². The van der Waals surface area contributed by atoms with Gasteiger partial charge in [0.05, 0.1) is 0 Å². The molecular weight excluding hydrogens is 324 g/mol. The minimum absolute atomic E-state index is 0.144. The highest BCUT2D eigenvalue weighted by molar-refractivity contribution is 6.10. The zero-order chi connectivity index (χ0) is 18.8. The first-order chi connectivity index (χ1) is 11.6. The summed E-state index contributed by atoms with van der Waals surface area (Å²) in [6.07, 6.45) is 0. The second kappa shape index (κ2) is 6.92. The number of nitrogens with zero attached hydrogens (tertiary/aromatic N) is 1. The van der Waals surface area contributed by atoms with Gasteiger partial charge in [-0.15, -0.1) is 0 Å². The van der Waals surface area contributed by atoms with Crippen LogP contribution in [-0.2, 0) is 15.1 Å². The van der Waals surface area contributed by atoms with E-state index in [-0.39, 0.29) is 6.04 Å². The summed E-state index contributed by atoms with van der Waals surface area (Å²) in [4.78, 5) is 49.1. The standard InChI is InChI=1S/C17H22N4O4/c1-10(2)18-15(24)19-13(22)9-21-14(23)17(4,20-16(21)25)12-7-5-11(3)6-8-12/h5-8,10H,9H2,1-4H3,(H,20,25)(H2,18,19,22,24)/t17-/m0/s1. The van der Waals surface area contributed by atoms with E-state index in [2.05, 4.69) is 16.0 Å². The van der Waals surface area contributed by atoms with E-state index in [1.54, 1.807) is 32.9 Å². The van der Waals surface area contributed by atoms with E-state index in [4.69, 9.17) is 0 Å². The molecule has 8 nitrogen and oxygen atoms in total. The number of amides is 6. The maximum atomic E-state index is 12.7. The van der Waals surface area contributed by atoms with Crippen molar-refractivity contribution in [1.82, 2.24) is 20.9 Å². The summed E-state index contributed by atoms with van der Waals surface area (Å²) in [7, 11) is 0. The van der Waals surface area contributed by atoms with E-state index in [0.717, 1.165) is 10.5 Å². The van der Waals surface area contributed by atoms with Crippen LogP contribution in [0.25, 0.3) is 0 Å². The summed E-state index contributed by atoms with van der Waals surface area (Å²) in [5, 5.41) is 7.20. The van der Waals surface area contributed by atoms with Crippen molar-refractivity contribution in [1.29, 1.82) is 0 Å². The number of benzene rings is 1. The molecule has 1 atom stereocenters. The van der Waals surface area contributed by atoms with Gasteiger partial charge in [-0.1, -0.05) is 29.8 Å². The predicted molar refractivity (Wildman–Crippen MR) is 90.6 cm³/mol. The summed E-state index contributed by atoms with van der Waals surface area (Å²) in [6.45, 7) is 6.46. The Labute approximate surface area is 145 Å². The average Bonchev–Trinajstić information content (AvgIpc) is 2.71. The molecule has 8 heteroatoms. The third-order valence-corrected chi connectivity index (χ3v) is 3.88. The molecule has 3 N–H and O–H groups in total. The van der Waals surface area contributed by atoms with E-state index in [0.29, 0.717) is 5.56 Å². The van der Waals surface area contributed by atoms with Crippen molar-refractivity contribution >= 4 is 23.9 Å².